The summed E-state index contributed by atoms with van der Waals surface area (Å²) in [6, 6.07) is 3.14. The van der Waals surface area contributed by atoms with Crippen molar-refractivity contribution in [2.75, 3.05) is 0 Å². The van der Waals surface area contributed by atoms with E-state index in [0.717, 1.165) is 10.2 Å². The Balaban J connectivity index is 2.08. The second kappa shape index (κ2) is 4.01. The monoisotopic (exact) mass is 279 g/mol. The molecule has 1 aliphatic rings. The highest BCUT2D eigenvalue weighted by molar-refractivity contribution is 7.18. The highest BCUT2D eigenvalue weighted by atomic mass is 32.1. The SMILES string of the molecule is CC1(C)OB(c2ccc(F)c3ncsc23)OC1(C)C. The number of hydrogen-bond acceptors (Lipinski definition) is 4. The lowest BCUT2D eigenvalue weighted by molar-refractivity contribution is 0.00578. The minimum atomic E-state index is -0.478. The van der Waals surface area contributed by atoms with Gasteiger partial charge in [0.05, 0.1) is 21.4 Å². The van der Waals surface area contributed by atoms with E-state index < -0.39 is 18.3 Å². The van der Waals surface area contributed by atoms with Crippen molar-refractivity contribution in [3.63, 3.8) is 0 Å². The quantitative estimate of drug-likeness (QED) is 0.752. The molecule has 0 saturated carbocycles. The zero-order chi connectivity index (χ0) is 13.8. The lowest BCUT2D eigenvalue weighted by atomic mass is 9.79. The molecule has 0 spiro atoms. The summed E-state index contributed by atoms with van der Waals surface area (Å²) in [6.45, 7) is 8.00. The number of hydrogen-bond donors (Lipinski definition) is 0. The van der Waals surface area contributed by atoms with Gasteiger partial charge in [0.15, 0.2) is 0 Å². The van der Waals surface area contributed by atoms with E-state index in [1.54, 1.807) is 11.6 Å². The van der Waals surface area contributed by atoms with E-state index >= 15 is 0 Å². The summed E-state index contributed by atoms with van der Waals surface area (Å²) in [5.41, 5.74) is 2.07. The molecule has 0 unspecified atom stereocenters. The van der Waals surface area contributed by atoms with E-state index in [1.807, 2.05) is 27.7 Å². The van der Waals surface area contributed by atoms with Crippen molar-refractivity contribution >= 4 is 34.1 Å². The zero-order valence-corrected chi connectivity index (χ0v) is 12.2. The van der Waals surface area contributed by atoms with Crippen LogP contribution >= 0.6 is 11.3 Å². The van der Waals surface area contributed by atoms with E-state index in [2.05, 4.69) is 4.98 Å². The van der Waals surface area contributed by atoms with Crippen molar-refractivity contribution < 1.29 is 13.7 Å². The smallest absolute Gasteiger partial charge is 0.399 e. The molecule has 6 heteroatoms. The van der Waals surface area contributed by atoms with Crippen LogP contribution in [-0.2, 0) is 9.31 Å². The van der Waals surface area contributed by atoms with Crippen molar-refractivity contribution in [1.82, 2.24) is 4.98 Å². The van der Waals surface area contributed by atoms with E-state index in [4.69, 9.17) is 9.31 Å². The Kier molecular flexibility index (Phi) is 2.75. The fourth-order valence-corrected chi connectivity index (χ4v) is 2.92. The summed E-state index contributed by atoms with van der Waals surface area (Å²) in [4.78, 5) is 4.06. The predicted octanol–water partition coefficient (Wildman–Crippen LogP) is 2.73. The van der Waals surface area contributed by atoms with E-state index in [-0.39, 0.29) is 5.82 Å². The van der Waals surface area contributed by atoms with Crippen molar-refractivity contribution in [2.24, 2.45) is 0 Å². The molecule has 100 valence electrons. The molecule has 0 N–H and O–H groups in total. The second-order valence-corrected chi connectivity index (χ2v) is 6.61. The Bertz CT molecular complexity index is 625. The highest BCUT2D eigenvalue weighted by Gasteiger charge is 2.52. The predicted molar refractivity (Wildman–Crippen MR) is 75.3 cm³/mol. The number of rotatable bonds is 1. The molecule has 3 rings (SSSR count). The molecule has 1 aromatic heterocycles. The molecular formula is C13H15BFNO2S. The zero-order valence-electron chi connectivity index (χ0n) is 11.4. The topological polar surface area (TPSA) is 31.4 Å². The first kappa shape index (κ1) is 13.0. The summed E-state index contributed by atoms with van der Waals surface area (Å²) >= 11 is 1.40. The lowest BCUT2D eigenvalue weighted by Gasteiger charge is -2.32. The molecule has 0 radical (unpaired) electrons. The third kappa shape index (κ3) is 1.90. The number of fused-ring (bicyclic) bond motifs is 1. The van der Waals surface area contributed by atoms with Gasteiger partial charge in [-0.2, -0.15) is 0 Å². The molecule has 1 fully saturated rings. The molecule has 1 aromatic carbocycles. The van der Waals surface area contributed by atoms with Crippen molar-refractivity contribution in [1.29, 1.82) is 0 Å². The fraction of sp³-hybridized carbons (Fsp3) is 0.462. The molecule has 1 aliphatic heterocycles. The fourth-order valence-electron chi connectivity index (χ4n) is 2.09. The molecule has 3 nitrogen and oxygen atoms in total. The van der Waals surface area contributed by atoms with Gasteiger partial charge in [-0.25, -0.2) is 9.37 Å². The highest BCUT2D eigenvalue weighted by Crippen LogP contribution is 2.37. The largest absolute Gasteiger partial charge is 0.496 e. The third-order valence-electron chi connectivity index (χ3n) is 3.97. The number of aromatic nitrogens is 1. The Labute approximate surface area is 115 Å². The second-order valence-electron chi connectivity index (χ2n) is 5.75. The maximum Gasteiger partial charge on any atom is 0.496 e. The Morgan fingerprint density at radius 2 is 1.79 bits per heavy atom. The van der Waals surface area contributed by atoms with Crippen LogP contribution in [0.4, 0.5) is 4.39 Å². The van der Waals surface area contributed by atoms with Gasteiger partial charge in [-0.1, -0.05) is 6.07 Å². The van der Waals surface area contributed by atoms with Crippen LogP contribution in [-0.4, -0.2) is 23.3 Å². The van der Waals surface area contributed by atoms with Crippen LogP contribution in [0.15, 0.2) is 17.6 Å². The van der Waals surface area contributed by atoms with Crippen LogP contribution < -0.4 is 5.46 Å². The van der Waals surface area contributed by atoms with E-state index in [1.165, 1.54) is 17.4 Å². The first-order valence-electron chi connectivity index (χ1n) is 6.19. The third-order valence-corrected chi connectivity index (χ3v) is 4.85. The molecule has 0 amide bonds. The van der Waals surface area contributed by atoms with Gasteiger partial charge in [0, 0.05) is 5.46 Å². The van der Waals surface area contributed by atoms with Gasteiger partial charge in [-0.05, 0) is 33.8 Å². The first-order chi connectivity index (χ1) is 8.82. The summed E-state index contributed by atoms with van der Waals surface area (Å²) < 4.78 is 26.4. The number of halogens is 1. The standard InChI is InChI=1S/C13H15BFNO2S/c1-12(2)13(3,4)18-14(17-12)8-5-6-9(15)10-11(8)19-7-16-10/h5-7H,1-4H3. The first-order valence-corrected chi connectivity index (χ1v) is 7.07. The van der Waals surface area contributed by atoms with E-state index in [9.17, 15) is 4.39 Å². The average Bonchev–Trinajstić information content (AvgIpc) is 2.84. The van der Waals surface area contributed by atoms with E-state index in [0.29, 0.717) is 5.52 Å². The van der Waals surface area contributed by atoms with Crippen LogP contribution in [0.25, 0.3) is 10.2 Å². The van der Waals surface area contributed by atoms with Crippen LogP contribution in [0.1, 0.15) is 27.7 Å². The molecule has 2 aromatic rings. The summed E-state index contributed by atoms with van der Waals surface area (Å²) in [5.74, 6) is -0.309. The number of nitrogens with zero attached hydrogens (tertiary/aromatic N) is 1. The van der Waals surface area contributed by atoms with Crippen LogP contribution in [0, 0.1) is 5.82 Å². The van der Waals surface area contributed by atoms with Gasteiger partial charge in [-0.15, -0.1) is 11.3 Å². The molecular weight excluding hydrogens is 264 g/mol. The summed E-state index contributed by atoms with van der Waals surface area (Å²) in [7, 11) is -0.478. The van der Waals surface area contributed by atoms with Crippen LogP contribution in [0.3, 0.4) is 0 Å². The molecule has 19 heavy (non-hydrogen) atoms. The molecule has 0 atom stereocenters. The van der Waals surface area contributed by atoms with Crippen molar-refractivity contribution in [2.45, 2.75) is 38.9 Å². The Morgan fingerprint density at radius 1 is 1.16 bits per heavy atom. The van der Waals surface area contributed by atoms with Gasteiger partial charge >= 0.3 is 7.12 Å². The molecule has 1 saturated heterocycles. The Morgan fingerprint density at radius 3 is 2.42 bits per heavy atom. The Hall–Kier alpha value is -0.975. The van der Waals surface area contributed by atoms with Gasteiger partial charge in [0.2, 0.25) is 0 Å². The van der Waals surface area contributed by atoms with Gasteiger partial charge in [0.1, 0.15) is 11.3 Å². The molecule has 2 heterocycles. The molecule has 0 bridgehead atoms. The van der Waals surface area contributed by atoms with Crippen molar-refractivity contribution in [3.8, 4) is 0 Å². The molecule has 0 aliphatic carbocycles. The maximum absolute atomic E-state index is 13.7. The minimum Gasteiger partial charge on any atom is -0.399 e. The number of benzene rings is 1. The normalized spacial score (nSPS) is 21.2. The summed E-state index contributed by atoms with van der Waals surface area (Å²) in [6.07, 6.45) is 0. The van der Waals surface area contributed by atoms with Crippen LogP contribution in [0.5, 0.6) is 0 Å². The van der Waals surface area contributed by atoms with Crippen LogP contribution in [0.2, 0.25) is 0 Å². The van der Waals surface area contributed by atoms with Crippen molar-refractivity contribution in [3.05, 3.63) is 23.5 Å². The average molecular weight is 279 g/mol. The minimum absolute atomic E-state index is 0.309. The lowest BCUT2D eigenvalue weighted by Crippen LogP contribution is -2.41. The maximum atomic E-state index is 13.7. The number of thiazole rings is 1. The van der Waals surface area contributed by atoms with Gasteiger partial charge in [-0.3, -0.25) is 0 Å². The summed E-state index contributed by atoms with van der Waals surface area (Å²) in [5, 5.41) is 0. The van der Waals surface area contributed by atoms with Gasteiger partial charge < -0.3 is 9.31 Å². The van der Waals surface area contributed by atoms with Gasteiger partial charge in [0.25, 0.3) is 0 Å².